The highest BCUT2D eigenvalue weighted by Crippen LogP contribution is 2.24. The molecule has 2 rings (SSSR count). The van der Waals surface area contributed by atoms with Gasteiger partial charge in [0.2, 0.25) is 0 Å². The van der Waals surface area contributed by atoms with Crippen molar-refractivity contribution in [3.05, 3.63) is 48.0 Å². The van der Waals surface area contributed by atoms with Crippen LogP contribution >= 0.6 is 0 Å². The van der Waals surface area contributed by atoms with Crippen molar-refractivity contribution in [1.82, 2.24) is 0 Å². The van der Waals surface area contributed by atoms with Crippen LogP contribution in [0.4, 0.5) is 13.2 Å². The molecule has 0 saturated carbocycles. The van der Waals surface area contributed by atoms with Crippen molar-refractivity contribution >= 4 is 10.8 Å². The number of hydrogen-bond donors (Lipinski definition) is 1. The topological polar surface area (TPSA) is 20.2 Å². The number of halogens is 3. The second-order valence-corrected chi connectivity index (χ2v) is 4.28. The SMILES string of the molecule is OC(CCc1ccc2ccccc2c1)C(F)(F)F. The van der Waals surface area contributed by atoms with Gasteiger partial charge in [0, 0.05) is 0 Å². The van der Waals surface area contributed by atoms with Gasteiger partial charge in [-0.2, -0.15) is 13.2 Å². The number of benzene rings is 2. The van der Waals surface area contributed by atoms with Gasteiger partial charge < -0.3 is 5.11 Å². The molecule has 1 atom stereocenters. The molecule has 1 nitrogen and oxygen atoms in total. The summed E-state index contributed by atoms with van der Waals surface area (Å²) in [6.07, 6.45) is -6.87. The van der Waals surface area contributed by atoms with E-state index in [4.69, 9.17) is 5.11 Å². The second-order valence-electron chi connectivity index (χ2n) is 4.28. The van der Waals surface area contributed by atoms with Gasteiger partial charge in [-0.3, -0.25) is 0 Å². The third-order valence-electron chi connectivity index (χ3n) is 2.90. The summed E-state index contributed by atoms with van der Waals surface area (Å²) in [5.74, 6) is 0. The largest absolute Gasteiger partial charge is 0.414 e. The number of aliphatic hydroxyl groups is 1. The first-order chi connectivity index (χ1) is 8.47. The highest BCUT2D eigenvalue weighted by molar-refractivity contribution is 5.82. The van der Waals surface area contributed by atoms with Crippen LogP contribution in [0.25, 0.3) is 10.8 Å². The molecular formula is C14H13F3O. The molecule has 0 aliphatic heterocycles. The first-order valence-corrected chi connectivity index (χ1v) is 5.69. The molecule has 1 unspecified atom stereocenters. The minimum Gasteiger partial charge on any atom is -0.384 e. The van der Waals surface area contributed by atoms with E-state index in [-0.39, 0.29) is 12.8 Å². The maximum atomic E-state index is 12.2. The van der Waals surface area contributed by atoms with E-state index < -0.39 is 12.3 Å². The summed E-state index contributed by atoms with van der Waals surface area (Å²) in [5.41, 5.74) is 0.803. The quantitative estimate of drug-likeness (QED) is 0.885. The zero-order valence-corrected chi connectivity index (χ0v) is 9.61. The maximum Gasteiger partial charge on any atom is 0.414 e. The van der Waals surface area contributed by atoms with Gasteiger partial charge in [-0.15, -0.1) is 0 Å². The van der Waals surface area contributed by atoms with Crippen LogP contribution in [0, 0.1) is 0 Å². The highest BCUT2D eigenvalue weighted by atomic mass is 19.4. The number of aryl methyl sites for hydroxylation is 1. The van der Waals surface area contributed by atoms with E-state index >= 15 is 0 Å². The Labute approximate surface area is 103 Å². The Morgan fingerprint density at radius 3 is 2.33 bits per heavy atom. The summed E-state index contributed by atoms with van der Waals surface area (Å²) in [7, 11) is 0. The number of rotatable bonds is 3. The molecule has 0 radical (unpaired) electrons. The Hall–Kier alpha value is -1.55. The summed E-state index contributed by atoms with van der Waals surface area (Å²) < 4.78 is 36.5. The van der Waals surface area contributed by atoms with Crippen LogP contribution in [-0.4, -0.2) is 17.4 Å². The van der Waals surface area contributed by atoms with Gasteiger partial charge in [-0.05, 0) is 29.2 Å². The van der Waals surface area contributed by atoms with E-state index in [9.17, 15) is 13.2 Å². The fourth-order valence-electron chi connectivity index (χ4n) is 1.86. The normalized spacial score (nSPS) is 13.8. The minimum absolute atomic E-state index is 0.214. The molecule has 0 aromatic heterocycles. The lowest BCUT2D eigenvalue weighted by Crippen LogP contribution is -2.28. The van der Waals surface area contributed by atoms with Crippen LogP contribution in [0.3, 0.4) is 0 Å². The van der Waals surface area contributed by atoms with Crippen LogP contribution in [0.1, 0.15) is 12.0 Å². The van der Waals surface area contributed by atoms with Gasteiger partial charge in [-0.1, -0.05) is 42.5 Å². The molecule has 0 aliphatic rings. The molecule has 0 aliphatic carbocycles. The van der Waals surface area contributed by atoms with Gasteiger partial charge in [0.25, 0.3) is 0 Å². The minimum atomic E-state index is -4.53. The third kappa shape index (κ3) is 3.01. The lowest BCUT2D eigenvalue weighted by molar-refractivity contribution is -0.205. The molecule has 0 bridgehead atoms. The molecule has 0 spiro atoms. The zero-order chi connectivity index (χ0) is 13.2. The first kappa shape index (κ1) is 12.9. The smallest absolute Gasteiger partial charge is 0.384 e. The molecule has 18 heavy (non-hydrogen) atoms. The third-order valence-corrected chi connectivity index (χ3v) is 2.90. The Morgan fingerprint density at radius 2 is 1.67 bits per heavy atom. The zero-order valence-electron chi connectivity index (χ0n) is 9.61. The summed E-state index contributed by atoms with van der Waals surface area (Å²) in [4.78, 5) is 0. The summed E-state index contributed by atoms with van der Waals surface area (Å²) in [6.45, 7) is 0. The number of fused-ring (bicyclic) bond motifs is 1. The molecule has 0 heterocycles. The van der Waals surface area contributed by atoms with Crippen LogP contribution in [-0.2, 0) is 6.42 Å². The fourth-order valence-corrected chi connectivity index (χ4v) is 1.86. The van der Waals surface area contributed by atoms with Crippen LogP contribution in [0.15, 0.2) is 42.5 Å². The number of hydrogen-bond acceptors (Lipinski definition) is 1. The van der Waals surface area contributed by atoms with E-state index in [0.29, 0.717) is 0 Å². The monoisotopic (exact) mass is 254 g/mol. The van der Waals surface area contributed by atoms with E-state index in [1.54, 1.807) is 6.07 Å². The fraction of sp³-hybridized carbons (Fsp3) is 0.286. The first-order valence-electron chi connectivity index (χ1n) is 5.69. The van der Waals surface area contributed by atoms with Gasteiger partial charge in [0.1, 0.15) is 6.10 Å². The van der Waals surface area contributed by atoms with Gasteiger partial charge in [-0.25, -0.2) is 0 Å². The summed E-state index contributed by atoms with van der Waals surface area (Å²) in [5, 5.41) is 11.0. The lowest BCUT2D eigenvalue weighted by atomic mass is 10.0. The van der Waals surface area contributed by atoms with Crippen LogP contribution in [0.5, 0.6) is 0 Å². The standard InChI is InChI=1S/C14H13F3O/c15-14(16,17)13(18)8-6-10-5-7-11-3-1-2-4-12(11)9-10/h1-5,7,9,13,18H,6,8H2. The van der Waals surface area contributed by atoms with Crippen molar-refractivity contribution in [3.63, 3.8) is 0 Å². The Balaban J connectivity index is 2.08. The van der Waals surface area contributed by atoms with Crippen molar-refractivity contribution in [1.29, 1.82) is 0 Å². The molecule has 2 aromatic rings. The molecule has 2 aromatic carbocycles. The van der Waals surface area contributed by atoms with Crippen molar-refractivity contribution < 1.29 is 18.3 Å². The van der Waals surface area contributed by atoms with Gasteiger partial charge >= 0.3 is 6.18 Å². The summed E-state index contributed by atoms with van der Waals surface area (Å²) in [6, 6.07) is 13.2. The van der Waals surface area contributed by atoms with Crippen LogP contribution in [0.2, 0.25) is 0 Å². The maximum absolute atomic E-state index is 12.2. The van der Waals surface area contributed by atoms with Gasteiger partial charge in [0.05, 0.1) is 0 Å². The van der Waals surface area contributed by atoms with Crippen molar-refractivity contribution in [2.75, 3.05) is 0 Å². The second kappa shape index (κ2) is 4.98. The molecule has 0 saturated heterocycles. The molecule has 1 N–H and O–H groups in total. The molecule has 0 amide bonds. The Morgan fingerprint density at radius 1 is 1.00 bits per heavy atom. The average Bonchev–Trinajstić information content (AvgIpc) is 2.34. The van der Waals surface area contributed by atoms with Gasteiger partial charge in [0.15, 0.2) is 0 Å². The van der Waals surface area contributed by atoms with E-state index in [0.717, 1.165) is 16.3 Å². The number of alkyl halides is 3. The Bertz CT molecular complexity index is 534. The van der Waals surface area contributed by atoms with Crippen molar-refractivity contribution in [2.24, 2.45) is 0 Å². The van der Waals surface area contributed by atoms with Crippen molar-refractivity contribution in [3.8, 4) is 0 Å². The van der Waals surface area contributed by atoms with Crippen molar-refractivity contribution in [2.45, 2.75) is 25.1 Å². The molecular weight excluding hydrogens is 241 g/mol. The average molecular weight is 254 g/mol. The molecule has 0 fully saturated rings. The van der Waals surface area contributed by atoms with E-state index in [1.165, 1.54) is 0 Å². The lowest BCUT2D eigenvalue weighted by Gasteiger charge is -2.14. The number of aliphatic hydroxyl groups excluding tert-OH is 1. The Kier molecular flexibility index (Phi) is 3.57. The van der Waals surface area contributed by atoms with Crippen LogP contribution < -0.4 is 0 Å². The molecule has 4 heteroatoms. The molecule has 96 valence electrons. The van der Waals surface area contributed by atoms with E-state index in [1.807, 2.05) is 36.4 Å². The summed E-state index contributed by atoms with van der Waals surface area (Å²) >= 11 is 0. The predicted molar refractivity (Wildman–Crippen MR) is 64.3 cm³/mol. The van der Waals surface area contributed by atoms with E-state index in [2.05, 4.69) is 0 Å². The highest BCUT2D eigenvalue weighted by Gasteiger charge is 2.37. The predicted octanol–water partition coefficient (Wildman–Crippen LogP) is 3.70.